The van der Waals surface area contributed by atoms with Crippen LogP contribution in [0.3, 0.4) is 0 Å². The third-order valence-electron chi connectivity index (χ3n) is 2.94. The van der Waals surface area contributed by atoms with Crippen LogP contribution in [0.1, 0.15) is 15.9 Å². The molecular formula is C14H10N2O5. The van der Waals surface area contributed by atoms with Crippen molar-refractivity contribution in [2.24, 2.45) is 0 Å². The minimum atomic E-state index is -0.559. The molecule has 7 heteroatoms. The van der Waals surface area contributed by atoms with E-state index in [-0.39, 0.29) is 29.1 Å². The zero-order valence-corrected chi connectivity index (χ0v) is 10.8. The topological polar surface area (TPSA) is 103 Å². The van der Waals surface area contributed by atoms with E-state index < -0.39 is 9.85 Å². The van der Waals surface area contributed by atoms with Gasteiger partial charge in [0.1, 0.15) is 0 Å². The highest BCUT2D eigenvalue weighted by molar-refractivity contribution is 5.98. The lowest BCUT2D eigenvalue weighted by Crippen LogP contribution is -2.06. The first-order valence-electron chi connectivity index (χ1n) is 5.99. The zero-order valence-electron chi connectivity index (χ0n) is 10.8. The van der Waals surface area contributed by atoms with E-state index >= 15 is 0 Å². The van der Waals surface area contributed by atoms with Crippen molar-refractivity contribution in [1.29, 1.82) is 0 Å². The summed E-state index contributed by atoms with van der Waals surface area (Å²) in [7, 11) is 0. The van der Waals surface area contributed by atoms with Crippen LogP contribution in [-0.2, 0) is 6.42 Å². The van der Waals surface area contributed by atoms with Gasteiger partial charge in [-0.15, -0.1) is 0 Å². The molecule has 0 unspecified atom stereocenters. The van der Waals surface area contributed by atoms with E-state index in [4.69, 9.17) is 0 Å². The number of nitro benzene ring substituents is 2. The van der Waals surface area contributed by atoms with Gasteiger partial charge in [0.2, 0.25) is 0 Å². The molecule has 0 amide bonds. The molecule has 2 rings (SSSR count). The van der Waals surface area contributed by atoms with Crippen molar-refractivity contribution in [1.82, 2.24) is 0 Å². The minimum absolute atomic E-state index is 0.114. The SMILES string of the molecule is O=C(Cc1ccccc1[N+](=O)[O-])c1ccc([N+](=O)[O-])cc1. The summed E-state index contributed by atoms with van der Waals surface area (Å²) in [6.07, 6.45) is -0.130. The Hall–Kier alpha value is -3.09. The second-order valence-corrected chi connectivity index (χ2v) is 4.29. The molecular weight excluding hydrogens is 276 g/mol. The molecule has 21 heavy (non-hydrogen) atoms. The van der Waals surface area contributed by atoms with Crippen molar-refractivity contribution in [3.05, 3.63) is 79.9 Å². The van der Waals surface area contributed by atoms with Crippen molar-refractivity contribution in [3.63, 3.8) is 0 Å². The number of benzene rings is 2. The minimum Gasteiger partial charge on any atom is -0.294 e. The summed E-state index contributed by atoms with van der Waals surface area (Å²) in [6.45, 7) is 0. The Balaban J connectivity index is 2.22. The Kier molecular flexibility index (Phi) is 4.03. The van der Waals surface area contributed by atoms with Gasteiger partial charge in [-0.2, -0.15) is 0 Å². The number of nitrogens with zero attached hydrogens (tertiary/aromatic N) is 2. The summed E-state index contributed by atoms with van der Waals surface area (Å²) in [5.74, 6) is -0.334. The van der Waals surface area contributed by atoms with Gasteiger partial charge >= 0.3 is 0 Å². The van der Waals surface area contributed by atoms with Gasteiger partial charge in [0.15, 0.2) is 5.78 Å². The van der Waals surface area contributed by atoms with Crippen LogP contribution in [0.4, 0.5) is 11.4 Å². The fourth-order valence-corrected chi connectivity index (χ4v) is 1.88. The van der Waals surface area contributed by atoms with E-state index in [1.54, 1.807) is 6.07 Å². The van der Waals surface area contributed by atoms with E-state index in [0.717, 1.165) is 0 Å². The molecule has 0 atom stereocenters. The van der Waals surface area contributed by atoms with E-state index in [2.05, 4.69) is 0 Å². The van der Waals surface area contributed by atoms with Crippen LogP contribution >= 0.6 is 0 Å². The van der Waals surface area contributed by atoms with Crippen LogP contribution in [-0.4, -0.2) is 15.6 Å². The Morgan fingerprint density at radius 1 is 0.905 bits per heavy atom. The van der Waals surface area contributed by atoms with Crippen LogP contribution in [0.5, 0.6) is 0 Å². The fourth-order valence-electron chi connectivity index (χ4n) is 1.88. The monoisotopic (exact) mass is 286 g/mol. The number of nitro groups is 2. The lowest BCUT2D eigenvalue weighted by atomic mass is 10.0. The van der Waals surface area contributed by atoms with Crippen LogP contribution in [0.15, 0.2) is 48.5 Å². The van der Waals surface area contributed by atoms with Gasteiger partial charge in [-0.3, -0.25) is 25.0 Å². The summed E-state index contributed by atoms with van der Waals surface area (Å²) in [5, 5.41) is 21.4. The highest BCUT2D eigenvalue weighted by Crippen LogP contribution is 2.20. The first-order valence-corrected chi connectivity index (χ1v) is 5.99. The number of Topliss-reactive ketones (excluding diaryl/α,β-unsaturated/α-hetero) is 1. The Morgan fingerprint density at radius 3 is 2.10 bits per heavy atom. The van der Waals surface area contributed by atoms with Gasteiger partial charge < -0.3 is 0 Å². The fraction of sp³-hybridized carbons (Fsp3) is 0.0714. The third kappa shape index (κ3) is 3.27. The highest BCUT2D eigenvalue weighted by Gasteiger charge is 2.17. The summed E-state index contributed by atoms with van der Waals surface area (Å²) in [5.41, 5.74) is 0.356. The molecule has 0 aliphatic rings. The molecule has 7 nitrogen and oxygen atoms in total. The van der Waals surface area contributed by atoms with Gasteiger partial charge in [-0.1, -0.05) is 18.2 Å². The van der Waals surface area contributed by atoms with E-state index in [0.29, 0.717) is 5.56 Å². The number of hydrogen-bond acceptors (Lipinski definition) is 5. The lowest BCUT2D eigenvalue weighted by Gasteiger charge is -2.02. The molecule has 0 saturated heterocycles. The van der Waals surface area contributed by atoms with Gasteiger partial charge in [0, 0.05) is 35.7 Å². The maximum atomic E-state index is 12.1. The number of carbonyl (C=O) groups is 1. The van der Waals surface area contributed by atoms with Gasteiger partial charge in [0.25, 0.3) is 11.4 Å². The van der Waals surface area contributed by atoms with Crippen molar-refractivity contribution in [2.45, 2.75) is 6.42 Å². The van der Waals surface area contributed by atoms with Crippen molar-refractivity contribution < 1.29 is 14.6 Å². The largest absolute Gasteiger partial charge is 0.294 e. The highest BCUT2D eigenvalue weighted by atomic mass is 16.6. The average molecular weight is 286 g/mol. The van der Waals surface area contributed by atoms with Gasteiger partial charge in [-0.05, 0) is 12.1 Å². The first-order chi connectivity index (χ1) is 9.99. The van der Waals surface area contributed by atoms with E-state index in [1.807, 2.05) is 0 Å². The molecule has 106 valence electrons. The second-order valence-electron chi connectivity index (χ2n) is 4.29. The average Bonchev–Trinajstić information content (AvgIpc) is 2.47. The van der Waals surface area contributed by atoms with Crippen molar-refractivity contribution >= 4 is 17.2 Å². The normalized spacial score (nSPS) is 10.1. The molecule has 0 aromatic heterocycles. The molecule has 0 spiro atoms. The molecule has 0 radical (unpaired) electrons. The predicted molar refractivity (Wildman–Crippen MR) is 74.2 cm³/mol. The molecule has 0 N–H and O–H groups in total. The van der Waals surface area contributed by atoms with Crippen molar-refractivity contribution in [2.75, 3.05) is 0 Å². The molecule has 0 heterocycles. The molecule has 2 aromatic rings. The number of hydrogen-bond donors (Lipinski definition) is 0. The van der Waals surface area contributed by atoms with Crippen LogP contribution in [0.25, 0.3) is 0 Å². The lowest BCUT2D eigenvalue weighted by molar-refractivity contribution is -0.385. The number of carbonyl (C=O) groups excluding carboxylic acids is 1. The van der Waals surface area contributed by atoms with Crippen LogP contribution < -0.4 is 0 Å². The summed E-state index contributed by atoms with van der Waals surface area (Å²) in [6, 6.07) is 11.1. The second kappa shape index (κ2) is 5.91. The zero-order chi connectivity index (χ0) is 15.4. The van der Waals surface area contributed by atoms with Gasteiger partial charge in [0.05, 0.1) is 9.85 Å². The number of para-hydroxylation sites is 1. The van der Waals surface area contributed by atoms with E-state index in [9.17, 15) is 25.0 Å². The molecule has 2 aromatic carbocycles. The quantitative estimate of drug-likeness (QED) is 0.477. The Morgan fingerprint density at radius 2 is 1.52 bits per heavy atom. The standard InChI is InChI=1S/C14H10N2O5/c17-14(10-5-7-12(8-6-10)15(18)19)9-11-3-1-2-4-13(11)16(20)21/h1-8H,9H2. The van der Waals surface area contributed by atoms with Crippen molar-refractivity contribution in [3.8, 4) is 0 Å². The summed E-state index contributed by atoms with van der Waals surface area (Å²) >= 11 is 0. The summed E-state index contributed by atoms with van der Waals surface area (Å²) in [4.78, 5) is 32.4. The third-order valence-corrected chi connectivity index (χ3v) is 2.94. The smallest absolute Gasteiger partial charge is 0.273 e. The molecule has 0 aliphatic heterocycles. The van der Waals surface area contributed by atoms with E-state index in [1.165, 1.54) is 42.5 Å². The number of rotatable bonds is 5. The molecule has 0 aliphatic carbocycles. The summed E-state index contributed by atoms with van der Waals surface area (Å²) < 4.78 is 0. The van der Waals surface area contributed by atoms with Crippen LogP contribution in [0, 0.1) is 20.2 Å². The molecule has 0 fully saturated rings. The molecule has 0 saturated carbocycles. The first kappa shape index (κ1) is 14.3. The number of ketones is 1. The predicted octanol–water partition coefficient (Wildman–Crippen LogP) is 2.93. The van der Waals surface area contributed by atoms with Gasteiger partial charge in [-0.25, -0.2) is 0 Å². The van der Waals surface area contributed by atoms with Crippen LogP contribution in [0.2, 0.25) is 0 Å². The maximum absolute atomic E-state index is 12.1. The molecule has 0 bridgehead atoms. The number of non-ortho nitro benzene ring substituents is 1. The Labute approximate surface area is 119 Å². The maximum Gasteiger partial charge on any atom is 0.273 e. The Bertz CT molecular complexity index is 710.